The summed E-state index contributed by atoms with van der Waals surface area (Å²) in [4.78, 5) is 53.4. The van der Waals surface area contributed by atoms with Gasteiger partial charge in [-0.05, 0) is 58.9 Å². The number of ether oxygens (including phenoxy) is 2. The molecular weight excluding hydrogens is 622 g/mol. The van der Waals surface area contributed by atoms with E-state index in [1.54, 1.807) is 12.3 Å². The fourth-order valence-electron chi connectivity index (χ4n) is 4.76. The summed E-state index contributed by atoms with van der Waals surface area (Å²) in [7, 11) is 2.68. The van der Waals surface area contributed by atoms with E-state index in [-0.39, 0.29) is 23.1 Å². The number of H-pyrrole nitrogens is 3. The van der Waals surface area contributed by atoms with Gasteiger partial charge in [0.2, 0.25) is 0 Å². The van der Waals surface area contributed by atoms with Gasteiger partial charge in [0.15, 0.2) is 5.78 Å². The van der Waals surface area contributed by atoms with Crippen molar-refractivity contribution in [2.45, 2.75) is 19.3 Å². The van der Waals surface area contributed by atoms with Crippen LogP contribution in [0.1, 0.15) is 69.6 Å². The summed E-state index contributed by atoms with van der Waals surface area (Å²) in [5.41, 5.74) is 6.90. The molecule has 10 nitrogen and oxygen atoms in total. The predicted octanol–water partition coefficient (Wildman–Crippen LogP) is 6.92. The standard InChI is InChI=1S/C14H13NO3.C13H13NO2.C12H11NO2/c1-18-14(17)12-8-11(9-15-12)13(16)7-10-5-3-2-4-6-10;1-16-13(15)12-8-11(9-14-12)7-10-5-3-2-4-6-10;14-12(15)11-7-10(8-13-11)6-9-4-2-1-3-5-9/h2-6,8-9,15H,7H2,1H3;2-6,8-9,14H,7H2,1H3;1-5,7-8,13H,6H2,(H,14,15). The second-order valence-electron chi connectivity index (χ2n) is 10.8. The van der Waals surface area contributed by atoms with Crippen molar-refractivity contribution < 1.29 is 33.8 Å². The number of methoxy groups -OCH3 is 2. The maximum Gasteiger partial charge on any atom is 0.354 e. The third-order valence-corrected chi connectivity index (χ3v) is 7.24. The van der Waals surface area contributed by atoms with Crippen LogP contribution >= 0.6 is 0 Å². The van der Waals surface area contributed by atoms with E-state index in [9.17, 15) is 19.2 Å². The number of carboxylic acid groups (broad SMARTS) is 1. The molecule has 0 fully saturated rings. The number of Topliss-reactive ketones (excluding diaryl/α,β-unsaturated/α-hetero) is 1. The van der Waals surface area contributed by atoms with Gasteiger partial charge in [-0.3, -0.25) is 4.79 Å². The highest BCUT2D eigenvalue weighted by molar-refractivity contribution is 6.00. The molecule has 0 radical (unpaired) electrons. The zero-order valence-corrected chi connectivity index (χ0v) is 27.1. The van der Waals surface area contributed by atoms with E-state index in [4.69, 9.17) is 5.11 Å². The van der Waals surface area contributed by atoms with Gasteiger partial charge in [0, 0.05) is 30.6 Å². The van der Waals surface area contributed by atoms with Gasteiger partial charge in [0.05, 0.1) is 14.2 Å². The summed E-state index contributed by atoms with van der Waals surface area (Å²) in [6, 6.07) is 34.5. The monoisotopic (exact) mass is 659 g/mol. The van der Waals surface area contributed by atoms with E-state index in [0.29, 0.717) is 17.7 Å². The Morgan fingerprint density at radius 1 is 0.531 bits per heavy atom. The van der Waals surface area contributed by atoms with Gasteiger partial charge in [-0.15, -0.1) is 0 Å². The lowest BCUT2D eigenvalue weighted by molar-refractivity contribution is 0.0586. The minimum atomic E-state index is -0.922. The molecule has 10 heteroatoms. The van der Waals surface area contributed by atoms with Crippen LogP contribution in [0.5, 0.6) is 0 Å². The van der Waals surface area contributed by atoms with Crippen LogP contribution in [0.3, 0.4) is 0 Å². The molecule has 0 unspecified atom stereocenters. The fourth-order valence-corrected chi connectivity index (χ4v) is 4.76. The number of carboxylic acids is 1. The second-order valence-corrected chi connectivity index (χ2v) is 10.8. The largest absolute Gasteiger partial charge is 0.477 e. The maximum atomic E-state index is 12.0. The molecule has 6 rings (SSSR count). The number of ketones is 1. The summed E-state index contributed by atoms with van der Waals surface area (Å²) in [6.07, 6.45) is 6.98. The lowest BCUT2D eigenvalue weighted by Crippen LogP contribution is -2.03. The van der Waals surface area contributed by atoms with Crippen molar-refractivity contribution in [3.05, 3.63) is 178 Å². The van der Waals surface area contributed by atoms with Crippen molar-refractivity contribution in [2.75, 3.05) is 14.2 Å². The number of carbonyl (C=O) groups is 4. The molecule has 250 valence electrons. The highest BCUT2D eigenvalue weighted by Gasteiger charge is 2.13. The van der Waals surface area contributed by atoms with Crippen molar-refractivity contribution in [3.8, 4) is 0 Å². The van der Waals surface area contributed by atoms with Crippen molar-refractivity contribution in [3.63, 3.8) is 0 Å². The molecule has 0 aliphatic carbocycles. The minimum Gasteiger partial charge on any atom is -0.477 e. The Labute approximate surface area is 283 Å². The van der Waals surface area contributed by atoms with Crippen molar-refractivity contribution in [1.29, 1.82) is 0 Å². The second kappa shape index (κ2) is 18.1. The molecule has 0 saturated heterocycles. The zero-order valence-electron chi connectivity index (χ0n) is 27.1. The summed E-state index contributed by atoms with van der Waals surface area (Å²) >= 11 is 0. The Morgan fingerprint density at radius 2 is 0.939 bits per heavy atom. The molecule has 0 amide bonds. The molecule has 3 aromatic heterocycles. The zero-order chi connectivity index (χ0) is 35.0. The Bertz CT molecular complexity index is 1940. The first-order valence-corrected chi connectivity index (χ1v) is 15.3. The van der Waals surface area contributed by atoms with Gasteiger partial charge >= 0.3 is 17.9 Å². The Morgan fingerprint density at radius 3 is 1.39 bits per heavy atom. The molecule has 0 spiro atoms. The smallest absolute Gasteiger partial charge is 0.354 e. The summed E-state index contributed by atoms with van der Waals surface area (Å²) in [5, 5.41) is 8.73. The maximum absolute atomic E-state index is 12.0. The number of rotatable bonds is 10. The predicted molar refractivity (Wildman–Crippen MR) is 185 cm³/mol. The number of nitrogens with one attached hydrogen (secondary N) is 3. The number of aromatic amines is 3. The topological polar surface area (TPSA) is 154 Å². The van der Waals surface area contributed by atoms with Crippen LogP contribution in [-0.4, -0.2) is 58.0 Å². The molecule has 0 atom stereocenters. The number of benzene rings is 3. The van der Waals surface area contributed by atoms with E-state index in [1.165, 1.54) is 37.6 Å². The van der Waals surface area contributed by atoms with Gasteiger partial charge in [-0.2, -0.15) is 0 Å². The molecule has 0 bridgehead atoms. The molecule has 0 aliphatic heterocycles. The number of hydrogen-bond donors (Lipinski definition) is 4. The lowest BCUT2D eigenvalue weighted by atomic mass is 10.1. The van der Waals surface area contributed by atoms with Crippen LogP contribution in [-0.2, 0) is 28.7 Å². The Kier molecular flexibility index (Phi) is 13.1. The lowest BCUT2D eigenvalue weighted by Gasteiger charge is -1.98. The van der Waals surface area contributed by atoms with Crippen LogP contribution in [0.25, 0.3) is 0 Å². The normalized spacial score (nSPS) is 10.1. The van der Waals surface area contributed by atoms with Crippen molar-refractivity contribution >= 4 is 23.7 Å². The van der Waals surface area contributed by atoms with Gasteiger partial charge in [0.1, 0.15) is 17.1 Å². The first-order chi connectivity index (χ1) is 23.7. The highest BCUT2D eigenvalue weighted by atomic mass is 16.5. The van der Waals surface area contributed by atoms with E-state index < -0.39 is 11.9 Å². The summed E-state index contributed by atoms with van der Waals surface area (Å²) < 4.78 is 9.20. The van der Waals surface area contributed by atoms with Crippen molar-refractivity contribution in [1.82, 2.24) is 15.0 Å². The molecule has 0 saturated carbocycles. The first kappa shape index (κ1) is 35.4. The minimum absolute atomic E-state index is 0.0346. The van der Waals surface area contributed by atoms with Crippen LogP contribution in [0.15, 0.2) is 128 Å². The van der Waals surface area contributed by atoms with Crippen molar-refractivity contribution in [2.24, 2.45) is 0 Å². The average Bonchev–Trinajstić information content (AvgIpc) is 3.92. The first-order valence-electron chi connectivity index (χ1n) is 15.3. The molecule has 6 aromatic rings. The molecule has 3 heterocycles. The number of esters is 2. The SMILES string of the molecule is COC(=O)c1cc(C(=O)Cc2ccccc2)c[nH]1.COC(=O)c1cc(Cc2ccccc2)c[nH]1.O=C(O)c1cc(Cc2ccccc2)c[nH]1. The molecule has 49 heavy (non-hydrogen) atoms. The van der Waals surface area contributed by atoms with E-state index in [0.717, 1.165) is 29.5 Å². The number of hydrogen-bond acceptors (Lipinski definition) is 6. The van der Waals surface area contributed by atoms with Gasteiger partial charge < -0.3 is 29.5 Å². The van der Waals surface area contributed by atoms with Gasteiger partial charge in [0.25, 0.3) is 0 Å². The molecule has 3 aromatic carbocycles. The Balaban J connectivity index is 0.000000166. The quantitative estimate of drug-likeness (QED) is 0.0919. The highest BCUT2D eigenvalue weighted by Crippen LogP contribution is 2.13. The fraction of sp³-hybridized carbons (Fsp3) is 0.128. The van der Waals surface area contributed by atoms with E-state index in [1.807, 2.05) is 91.1 Å². The molecular formula is C39H37N3O7. The summed E-state index contributed by atoms with van der Waals surface area (Å²) in [5.74, 6) is -1.77. The third-order valence-electron chi connectivity index (χ3n) is 7.24. The van der Waals surface area contributed by atoms with Crippen LogP contribution in [0.2, 0.25) is 0 Å². The van der Waals surface area contributed by atoms with Crippen LogP contribution in [0.4, 0.5) is 0 Å². The Hall–Kier alpha value is -6.42. The van der Waals surface area contributed by atoms with Gasteiger partial charge in [-0.25, -0.2) is 14.4 Å². The van der Waals surface area contributed by atoms with E-state index >= 15 is 0 Å². The number of aromatic carboxylic acids is 1. The van der Waals surface area contributed by atoms with E-state index in [2.05, 4.69) is 36.6 Å². The van der Waals surface area contributed by atoms with Gasteiger partial charge in [-0.1, -0.05) is 91.0 Å². The van der Waals surface area contributed by atoms with Crippen LogP contribution in [0, 0.1) is 0 Å². The summed E-state index contributed by atoms with van der Waals surface area (Å²) in [6.45, 7) is 0. The molecule has 0 aliphatic rings. The number of aromatic nitrogens is 3. The third kappa shape index (κ3) is 11.1. The molecule has 4 N–H and O–H groups in total. The number of carbonyl (C=O) groups excluding carboxylic acids is 3. The average molecular weight is 660 g/mol. The van der Waals surface area contributed by atoms with Crippen LogP contribution < -0.4 is 0 Å².